The quantitative estimate of drug-likeness (QED) is 0.703. The van der Waals surface area contributed by atoms with E-state index in [1.807, 2.05) is 20.8 Å². The van der Waals surface area contributed by atoms with Crippen LogP contribution < -0.4 is 0 Å². The average molecular weight is 468 g/mol. The molecule has 0 spiro atoms. The van der Waals surface area contributed by atoms with Gasteiger partial charge in [0.15, 0.2) is 0 Å². The predicted octanol–water partition coefficient (Wildman–Crippen LogP) is 3.28. The van der Waals surface area contributed by atoms with Crippen LogP contribution in [0.1, 0.15) is 32.3 Å². The minimum atomic E-state index is -3.50. The molecule has 1 aliphatic rings. The van der Waals surface area contributed by atoms with E-state index in [-0.39, 0.29) is 18.1 Å². The lowest BCUT2D eigenvalue weighted by atomic mass is 9.88. The Hall–Kier alpha value is -1.06. The molecule has 10 heteroatoms. The SMILES string of the molecule is CC(C)(C)[C@@H]1CN(C(=O)O)C[C@H](c2ccc(Cl)c(Cl)c2)[C@@H]([C@@H](O)CS(C)(=O)=O)O1. The van der Waals surface area contributed by atoms with Crippen LogP contribution >= 0.6 is 23.2 Å². The monoisotopic (exact) mass is 467 g/mol. The van der Waals surface area contributed by atoms with Crippen LogP contribution in [0.5, 0.6) is 0 Å². The summed E-state index contributed by atoms with van der Waals surface area (Å²) >= 11 is 12.2. The molecule has 164 valence electrons. The maximum Gasteiger partial charge on any atom is 0.407 e. The summed E-state index contributed by atoms with van der Waals surface area (Å²) in [5.74, 6) is -1.13. The van der Waals surface area contributed by atoms with Gasteiger partial charge in [0.25, 0.3) is 0 Å². The van der Waals surface area contributed by atoms with E-state index in [1.165, 1.54) is 4.90 Å². The molecular formula is C19H27Cl2NO6S. The molecule has 0 aromatic heterocycles. The minimum Gasteiger partial charge on any atom is -0.465 e. The molecule has 1 heterocycles. The van der Waals surface area contributed by atoms with Crippen molar-refractivity contribution in [3.63, 3.8) is 0 Å². The summed E-state index contributed by atoms with van der Waals surface area (Å²) in [6.07, 6.45) is -2.93. The molecule has 29 heavy (non-hydrogen) atoms. The lowest BCUT2D eigenvalue weighted by molar-refractivity contribution is -0.106. The lowest BCUT2D eigenvalue weighted by Crippen LogP contribution is -2.44. The number of benzene rings is 1. The zero-order valence-corrected chi connectivity index (χ0v) is 19.1. The van der Waals surface area contributed by atoms with Gasteiger partial charge in [-0.1, -0.05) is 50.0 Å². The number of rotatable bonds is 4. The smallest absolute Gasteiger partial charge is 0.407 e. The van der Waals surface area contributed by atoms with E-state index in [9.17, 15) is 23.4 Å². The third-order valence-corrected chi connectivity index (χ3v) is 6.67. The molecule has 7 nitrogen and oxygen atoms in total. The largest absolute Gasteiger partial charge is 0.465 e. The first-order valence-corrected chi connectivity index (χ1v) is 11.9. The number of ether oxygens (including phenoxy) is 1. The molecule has 0 radical (unpaired) electrons. The van der Waals surface area contributed by atoms with Gasteiger partial charge in [-0.3, -0.25) is 0 Å². The van der Waals surface area contributed by atoms with E-state index in [0.717, 1.165) is 6.26 Å². The average Bonchev–Trinajstić information content (AvgIpc) is 2.76. The fourth-order valence-electron chi connectivity index (χ4n) is 3.38. The first-order valence-electron chi connectivity index (χ1n) is 9.13. The van der Waals surface area contributed by atoms with E-state index < -0.39 is 51.3 Å². The Bertz CT molecular complexity index is 855. The molecule has 1 amide bonds. The first-order chi connectivity index (χ1) is 13.2. The number of carboxylic acid groups (broad SMARTS) is 1. The van der Waals surface area contributed by atoms with Crippen LogP contribution in [0.15, 0.2) is 18.2 Å². The number of aliphatic hydroxyl groups excluding tert-OH is 1. The summed E-state index contributed by atoms with van der Waals surface area (Å²) < 4.78 is 29.8. The van der Waals surface area contributed by atoms with Crippen LogP contribution in [0.25, 0.3) is 0 Å². The van der Waals surface area contributed by atoms with Gasteiger partial charge in [0.2, 0.25) is 0 Å². The van der Waals surface area contributed by atoms with Gasteiger partial charge in [0.05, 0.1) is 40.7 Å². The number of aliphatic hydroxyl groups is 1. The Balaban J connectivity index is 2.55. The second kappa shape index (κ2) is 8.98. The standard InChI is InChI=1S/C19H27Cl2NO6S/c1-19(2,3)16-9-22(18(24)25)8-12(11-5-6-13(20)14(21)7-11)17(28-16)15(23)10-29(4,26)27/h5-7,12,15-17,23H,8-10H2,1-4H3,(H,24,25)/t12-,15+,16+,17+/m1/s1. The Labute approximate surface area is 181 Å². The van der Waals surface area contributed by atoms with Crippen molar-refractivity contribution in [1.29, 1.82) is 0 Å². The molecule has 1 aromatic rings. The van der Waals surface area contributed by atoms with Gasteiger partial charge in [-0.2, -0.15) is 0 Å². The number of sulfone groups is 1. The maximum atomic E-state index is 11.8. The molecule has 2 rings (SSSR count). The molecule has 0 aliphatic carbocycles. The highest BCUT2D eigenvalue weighted by atomic mass is 35.5. The van der Waals surface area contributed by atoms with Crippen molar-refractivity contribution in [1.82, 2.24) is 4.90 Å². The molecular weight excluding hydrogens is 441 g/mol. The van der Waals surface area contributed by atoms with E-state index in [1.54, 1.807) is 18.2 Å². The van der Waals surface area contributed by atoms with Crippen LogP contribution in [-0.4, -0.2) is 73.0 Å². The van der Waals surface area contributed by atoms with Crippen LogP contribution in [0.4, 0.5) is 4.79 Å². The Morgan fingerprint density at radius 1 is 1.28 bits per heavy atom. The van der Waals surface area contributed by atoms with Gasteiger partial charge < -0.3 is 19.8 Å². The van der Waals surface area contributed by atoms with Crippen molar-refractivity contribution >= 4 is 39.1 Å². The van der Waals surface area contributed by atoms with E-state index >= 15 is 0 Å². The topological polar surface area (TPSA) is 104 Å². The second-order valence-electron chi connectivity index (χ2n) is 8.58. The van der Waals surface area contributed by atoms with E-state index in [0.29, 0.717) is 10.6 Å². The summed E-state index contributed by atoms with van der Waals surface area (Å²) in [7, 11) is -3.50. The van der Waals surface area contributed by atoms with Crippen molar-refractivity contribution in [3.8, 4) is 0 Å². The van der Waals surface area contributed by atoms with E-state index in [2.05, 4.69) is 0 Å². The molecule has 1 aromatic carbocycles. The van der Waals surface area contributed by atoms with Crippen LogP contribution in [0.2, 0.25) is 10.0 Å². The summed E-state index contributed by atoms with van der Waals surface area (Å²) in [6, 6.07) is 4.85. The first kappa shape index (κ1) is 24.2. The fourth-order valence-corrected chi connectivity index (χ4v) is 4.50. The molecule has 1 fully saturated rings. The van der Waals surface area contributed by atoms with Crippen molar-refractivity contribution in [2.75, 3.05) is 25.1 Å². The summed E-state index contributed by atoms with van der Waals surface area (Å²) in [6.45, 7) is 5.82. The van der Waals surface area contributed by atoms with Gasteiger partial charge in [-0.05, 0) is 23.1 Å². The molecule has 0 bridgehead atoms. The summed E-state index contributed by atoms with van der Waals surface area (Å²) in [5.41, 5.74) is 0.168. The normalized spacial score (nSPS) is 24.8. The number of hydrogen-bond acceptors (Lipinski definition) is 5. The minimum absolute atomic E-state index is 0.0192. The van der Waals surface area contributed by atoms with Gasteiger partial charge in [0, 0.05) is 18.7 Å². The zero-order chi connectivity index (χ0) is 22.1. The number of nitrogens with zero attached hydrogens (tertiary/aromatic N) is 1. The molecule has 1 aliphatic heterocycles. The van der Waals surface area contributed by atoms with E-state index in [4.69, 9.17) is 27.9 Å². The maximum absolute atomic E-state index is 11.8. The van der Waals surface area contributed by atoms with Crippen molar-refractivity contribution in [2.24, 2.45) is 5.41 Å². The third kappa shape index (κ3) is 6.46. The molecule has 1 saturated heterocycles. The van der Waals surface area contributed by atoms with Gasteiger partial charge in [-0.15, -0.1) is 0 Å². The van der Waals surface area contributed by atoms with Crippen molar-refractivity contribution < 1.29 is 28.2 Å². The fraction of sp³-hybridized carbons (Fsp3) is 0.632. The zero-order valence-electron chi connectivity index (χ0n) is 16.8. The van der Waals surface area contributed by atoms with Crippen LogP contribution in [0, 0.1) is 5.41 Å². The lowest BCUT2D eigenvalue weighted by Gasteiger charge is -2.35. The molecule has 4 atom stereocenters. The predicted molar refractivity (Wildman–Crippen MR) is 113 cm³/mol. The Morgan fingerprint density at radius 3 is 2.38 bits per heavy atom. The van der Waals surface area contributed by atoms with Gasteiger partial charge in [-0.25, -0.2) is 13.2 Å². The van der Waals surface area contributed by atoms with Crippen LogP contribution in [0.3, 0.4) is 0 Å². The number of hydrogen-bond donors (Lipinski definition) is 2. The molecule has 0 unspecified atom stereocenters. The van der Waals surface area contributed by atoms with Crippen LogP contribution in [-0.2, 0) is 14.6 Å². The van der Waals surface area contributed by atoms with Gasteiger partial charge in [0.1, 0.15) is 9.84 Å². The number of halogens is 2. The Morgan fingerprint density at radius 2 is 1.90 bits per heavy atom. The second-order valence-corrected chi connectivity index (χ2v) is 11.6. The highest BCUT2D eigenvalue weighted by molar-refractivity contribution is 7.90. The molecule has 2 N–H and O–H groups in total. The highest BCUT2D eigenvalue weighted by Crippen LogP contribution is 2.36. The summed E-state index contributed by atoms with van der Waals surface area (Å²) in [4.78, 5) is 13.1. The highest BCUT2D eigenvalue weighted by Gasteiger charge is 2.43. The molecule has 0 saturated carbocycles. The van der Waals surface area contributed by atoms with Gasteiger partial charge >= 0.3 is 6.09 Å². The third-order valence-electron chi connectivity index (χ3n) is 4.98. The number of carbonyl (C=O) groups is 1. The number of amides is 1. The van der Waals surface area contributed by atoms with Crippen molar-refractivity contribution in [3.05, 3.63) is 33.8 Å². The summed E-state index contributed by atoms with van der Waals surface area (Å²) in [5, 5.41) is 21.1. The Kier molecular flexibility index (Phi) is 7.49. The van der Waals surface area contributed by atoms with Crippen molar-refractivity contribution in [2.45, 2.75) is 45.0 Å².